The normalized spacial score (nSPS) is 20.7. The minimum Gasteiger partial charge on any atom is -0.373 e. The lowest BCUT2D eigenvalue weighted by atomic mass is 9.92. The van der Waals surface area contributed by atoms with E-state index in [0.29, 0.717) is 22.8 Å². The van der Waals surface area contributed by atoms with Crippen molar-refractivity contribution in [1.29, 1.82) is 0 Å². The lowest BCUT2D eigenvalue weighted by Gasteiger charge is -2.34. The van der Waals surface area contributed by atoms with Gasteiger partial charge in [-0.1, -0.05) is 12.8 Å². The Hall–Kier alpha value is -0.660. The molecule has 2 N–H and O–H groups in total. The topological polar surface area (TPSA) is 48.1 Å². The molecule has 1 aliphatic rings. The van der Waals surface area contributed by atoms with E-state index in [2.05, 4.69) is 4.98 Å². The molecular formula is C12H17F3N2OS. The van der Waals surface area contributed by atoms with Gasteiger partial charge in [-0.3, -0.25) is 0 Å². The van der Waals surface area contributed by atoms with E-state index in [1.807, 2.05) is 6.92 Å². The maximum atomic E-state index is 12.6. The molecule has 1 aromatic heterocycles. The molecule has 0 radical (unpaired) electrons. The van der Waals surface area contributed by atoms with Crippen molar-refractivity contribution in [3.63, 3.8) is 0 Å². The van der Waals surface area contributed by atoms with E-state index in [1.165, 1.54) is 6.20 Å². The Morgan fingerprint density at radius 2 is 2.11 bits per heavy atom. The van der Waals surface area contributed by atoms with Crippen molar-refractivity contribution in [2.75, 3.05) is 6.61 Å². The first-order valence-electron chi connectivity index (χ1n) is 6.31. The molecule has 7 heteroatoms. The summed E-state index contributed by atoms with van der Waals surface area (Å²) in [6.07, 6.45) is 0.411. The number of alkyl halides is 3. The summed E-state index contributed by atoms with van der Waals surface area (Å²) in [6, 6.07) is -0.538. The van der Waals surface area contributed by atoms with Crippen LogP contribution in [0.4, 0.5) is 13.2 Å². The third-order valence-electron chi connectivity index (χ3n) is 3.52. The Kier molecular flexibility index (Phi) is 4.17. The Balaban J connectivity index is 2.22. The molecule has 19 heavy (non-hydrogen) atoms. The molecule has 1 unspecified atom stereocenters. The first kappa shape index (κ1) is 14.7. The van der Waals surface area contributed by atoms with Gasteiger partial charge in [-0.05, 0) is 19.8 Å². The van der Waals surface area contributed by atoms with E-state index in [9.17, 15) is 13.2 Å². The molecule has 3 nitrogen and oxygen atoms in total. The van der Waals surface area contributed by atoms with Gasteiger partial charge in [0, 0.05) is 17.7 Å². The number of rotatable bonds is 4. The highest BCUT2D eigenvalue weighted by Crippen LogP contribution is 2.44. The number of hydrogen-bond acceptors (Lipinski definition) is 4. The number of hydrogen-bond donors (Lipinski definition) is 1. The summed E-state index contributed by atoms with van der Waals surface area (Å²) in [5, 5.41) is -0.845. The van der Waals surface area contributed by atoms with E-state index < -0.39 is 22.8 Å². The molecular weight excluding hydrogens is 277 g/mol. The van der Waals surface area contributed by atoms with Crippen LogP contribution >= 0.6 is 11.3 Å². The third-order valence-corrected chi connectivity index (χ3v) is 4.65. The zero-order valence-corrected chi connectivity index (χ0v) is 11.5. The molecule has 1 aromatic rings. The Morgan fingerprint density at radius 1 is 1.47 bits per heavy atom. The molecule has 1 aliphatic carbocycles. The van der Waals surface area contributed by atoms with Crippen LogP contribution in [0.2, 0.25) is 0 Å². The van der Waals surface area contributed by atoms with Crippen LogP contribution in [0, 0.1) is 0 Å². The Labute approximate surface area is 114 Å². The smallest absolute Gasteiger partial charge is 0.373 e. The van der Waals surface area contributed by atoms with Crippen LogP contribution in [-0.2, 0) is 10.9 Å². The minimum atomic E-state index is -4.41. The summed E-state index contributed by atoms with van der Waals surface area (Å²) in [4.78, 5) is 3.88. The predicted octanol–water partition coefficient (Wildman–Crippen LogP) is 3.51. The molecule has 108 valence electrons. The van der Waals surface area contributed by atoms with Gasteiger partial charge in [0.25, 0.3) is 0 Å². The molecule has 1 heterocycles. The van der Waals surface area contributed by atoms with Crippen molar-refractivity contribution in [3.8, 4) is 0 Å². The number of halogens is 3. The summed E-state index contributed by atoms with van der Waals surface area (Å²) < 4.78 is 43.5. The molecule has 0 bridgehead atoms. The largest absolute Gasteiger partial charge is 0.443 e. The highest BCUT2D eigenvalue weighted by atomic mass is 32.1. The standard InChI is InChI=1S/C12H17F3N2OS/c1-2-18-11(5-3-4-6-11)9(16)8-7-17-10(19-8)12(13,14)15/h7,9H,2-6,16H2,1H3. The first-order valence-corrected chi connectivity index (χ1v) is 7.13. The van der Waals surface area contributed by atoms with E-state index >= 15 is 0 Å². The third kappa shape index (κ3) is 2.93. The number of nitrogens with two attached hydrogens (primary N) is 1. The number of aromatic nitrogens is 1. The second-order valence-corrected chi connectivity index (χ2v) is 5.81. The highest BCUT2D eigenvalue weighted by molar-refractivity contribution is 7.11. The summed E-state index contributed by atoms with van der Waals surface area (Å²) in [7, 11) is 0. The van der Waals surface area contributed by atoms with Crippen LogP contribution in [0.15, 0.2) is 6.20 Å². The quantitative estimate of drug-likeness (QED) is 0.924. The van der Waals surface area contributed by atoms with Crippen LogP contribution < -0.4 is 5.73 Å². The molecule has 1 fully saturated rings. The van der Waals surface area contributed by atoms with Crippen molar-refractivity contribution < 1.29 is 17.9 Å². The van der Waals surface area contributed by atoms with Gasteiger partial charge in [0.2, 0.25) is 0 Å². The van der Waals surface area contributed by atoms with Crippen molar-refractivity contribution in [2.24, 2.45) is 5.73 Å². The molecule has 2 rings (SSSR count). The fourth-order valence-corrected chi connectivity index (χ4v) is 3.52. The van der Waals surface area contributed by atoms with E-state index in [-0.39, 0.29) is 0 Å². The zero-order valence-electron chi connectivity index (χ0n) is 10.7. The molecule has 0 aliphatic heterocycles. The van der Waals surface area contributed by atoms with Crippen LogP contribution in [0.5, 0.6) is 0 Å². The fraction of sp³-hybridized carbons (Fsp3) is 0.750. The maximum Gasteiger partial charge on any atom is 0.443 e. The van der Waals surface area contributed by atoms with E-state index in [4.69, 9.17) is 10.5 Å². The maximum absolute atomic E-state index is 12.6. The first-order chi connectivity index (χ1) is 8.89. The summed E-state index contributed by atoms with van der Waals surface area (Å²) in [5.41, 5.74) is 5.63. The van der Waals surface area contributed by atoms with Crippen LogP contribution in [0.3, 0.4) is 0 Å². The molecule has 0 amide bonds. The van der Waals surface area contributed by atoms with Crippen molar-refractivity contribution in [3.05, 3.63) is 16.1 Å². The van der Waals surface area contributed by atoms with Crippen LogP contribution in [0.25, 0.3) is 0 Å². The van der Waals surface area contributed by atoms with Gasteiger partial charge in [0.05, 0.1) is 11.6 Å². The molecule has 0 saturated heterocycles. The molecule has 0 spiro atoms. The fourth-order valence-electron chi connectivity index (χ4n) is 2.63. The average molecular weight is 294 g/mol. The zero-order chi connectivity index (χ0) is 14.1. The Morgan fingerprint density at radius 3 is 2.58 bits per heavy atom. The van der Waals surface area contributed by atoms with Crippen molar-refractivity contribution in [2.45, 2.75) is 50.4 Å². The lowest BCUT2D eigenvalue weighted by Crippen LogP contribution is -2.41. The SMILES string of the molecule is CCOC1(C(N)c2cnc(C(F)(F)F)s2)CCCC1. The second kappa shape index (κ2) is 5.38. The number of thiazole rings is 1. The minimum absolute atomic E-state index is 0.447. The van der Waals surface area contributed by atoms with Crippen LogP contribution in [0.1, 0.15) is 48.5 Å². The number of ether oxygens (including phenoxy) is 1. The average Bonchev–Trinajstić information content (AvgIpc) is 2.96. The van der Waals surface area contributed by atoms with Crippen LogP contribution in [-0.4, -0.2) is 17.2 Å². The van der Waals surface area contributed by atoms with Gasteiger partial charge in [-0.15, -0.1) is 11.3 Å². The second-order valence-electron chi connectivity index (χ2n) is 4.75. The summed E-state index contributed by atoms with van der Waals surface area (Å²) in [6.45, 7) is 2.39. The van der Waals surface area contributed by atoms with Gasteiger partial charge in [-0.25, -0.2) is 4.98 Å². The monoisotopic (exact) mass is 294 g/mol. The summed E-state index contributed by atoms with van der Waals surface area (Å²) >= 11 is 0.618. The van der Waals surface area contributed by atoms with Crippen molar-refractivity contribution in [1.82, 2.24) is 4.98 Å². The van der Waals surface area contributed by atoms with Gasteiger partial charge < -0.3 is 10.5 Å². The van der Waals surface area contributed by atoms with E-state index in [1.54, 1.807) is 0 Å². The Bertz CT molecular complexity index is 427. The number of nitrogens with zero attached hydrogens (tertiary/aromatic N) is 1. The van der Waals surface area contributed by atoms with Gasteiger partial charge >= 0.3 is 6.18 Å². The summed E-state index contributed by atoms with van der Waals surface area (Å²) in [5.74, 6) is 0. The molecule has 1 saturated carbocycles. The lowest BCUT2D eigenvalue weighted by molar-refractivity contribution is -0.137. The molecule has 1 atom stereocenters. The molecule has 0 aromatic carbocycles. The highest BCUT2D eigenvalue weighted by Gasteiger charge is 2.43. The van der Waals surface area contributed by atoms with Crippen molar-refractivity contribution >= 4 is 11.3 Å². The van der Waals surface area contributed by atoms with E-state index in [0.717, 1.165) is 25.7 Å². The van der Waals surface area contributed by atoms with Gasteiger partial charge in [0.15, 0.2) is 5.01 Å². The predicted molar refractivity (Wildman–Crippen MR) is 66.9 cm³/mol. The van der Waals surface area contributed by atoms with Gasteiger partial charge in [0.1, 0.15) is 0 Å². The van der Waals surface area contributed by atoms with Gasteiger partial charge in [-0.2, -0.15) is 13.2 Å².